The van der Waals surface area contributed by atoms with Crippen LogP contribution in [0, 0.1) is 6.92 Å². The minimum absolute atomic E-state index is 0.530. The predicted molar refractivity (Wildman–Crippen MR) is 78.6 cm³/mol. The quantitative estimate of drug-likeness (QED) is 0.867. The van der Waals surface area contributed by atoms with Crippen molar-refractivity contribution in [1.29, 1.82) is 0 Å². The number of morpholine rings is 1. The second-order valence-electron chi connectivity index (χ2n) is 6.06. The molecule has 1 atom stereocenters. The van der Waals surface area contributed by atoms with Crippen molar-refractivity contribution in [2.45, 2.75) is 58.3 Å². The van der Waals surface area contributed by atoms with Crippen molar-refractivity contribution in [2.24, 2.45) is 0 Å². The van der Waals surface area contributed by atoms with Crippen molar-refractivity contribution in [3.05, 3.63) is 23.2 Å². The van der Waals surface area contributed by atoms with Gasteiger partial charge < -0.3 is 14.5 Å². The van der Waals surface area contributed by atoms with E-state index in [9.17, 15) is 0 Å². The average Bonchev–Trinajstić information content (AvgIpc) is 3.22. The van der Waals surface area contributed by atoms with E-state index in [4.69, 9.17) is 9.15 Å². The molecule has 1 unspecified atom stereocenters. The first kappa shape index (κ1) is 14.1. The molecule has 3 rings (SSSR count). The lowest BCUT2D eigenvalue weighted by Crippen LogP contribution is -2.44. The van der Waals surface area contributed by atoms with Gasteiger partial charge in [-0.25, -0.2) is 0 Å². The van der Waals surface area contributed by atoms with E-state index in [-0.39, 0.29) is 0 Å². The second kappa shape index (κ2) is 6.29. The molecule has 4 heteroatoms. The van der Waals surface area contributed by atoms with E-state index in [0.717, 1.165) is 56.8 Å². The number of hydrogen-bond donors (Lipinski definition) is 1. The van der Waals surface area contributed by atoms with Crippen molar-refractivity contribution >= 4 is 0 Å². The summed E-state index contributed by atoms with van der Waals surface area (Å²) in [4.78, 5) is 2.49. The summed E-state index contributed by atoms with van der Waals surface area (Å²) >= 11 is 0. The van der Waals surface area contributed by atoms with Gasteiger partial charge in [-0.15, -0.1) is 0 Å². The molecule has 1 aromatic rings. The highest BCUT2D eigenvalue weighted by Crippen LogP contribution is 2.22. The fourth-order valence-electron chi connectivity index (χ4n) is 2.86. The number of hydrogen-bond acceptors (Lipinski definition) is 4. The Morgan fingerprint density at radius 3 is 3.00 bits per heavy atom. The van der Waals surface area contributed by atoms with Crippen molar-refractivity contribution in [3.8, 4) is 0 Å². The molecule has 4 nitrogen and oxygen atoms in total. The van der Waals surface area contributed by atoms with E-state index >= 15 is 0 Å². The predicted octanol–water partition coefficient (Wildman–Crippen LogP) is 2.45. The van der Waals surface area contributed by atoms with E-state index in [1.807, 2.05) is 0 Å². The van der Waals surface area contributed by atoms with Crippen LogP contribution in [0.1, 0.15) is 43.3 Å². The van der Waals surface area contributed by atoms with Crippen LogP contribution in [0.5, 0.6) is 0 Å². The third-order valence-electron chi connectivity index (χ3n) is 4.41. The summed E-state index contributed by atoms with van der Waals surface area (Å²) in [6.07, 6.45) is 3.79. The van der Waals surface area contributed by atoms with Crippen LogP contribution in [-0.2, 0) is 17.8 Å². The number of rotatable bonds is 6. The first-order valence-electron chi connectivity index (χ1n) is 7.89. The maximum Gasteiger partial charge on any atom is 0.118 e. The number of furan rings is 1. The van der Waals surface area contributed by atoms with Crippen molar-refractivity contribution in [3.63, 3.8) is 0 Å². The lowest BCUT2D eigenvalue weighted by molar-refractivity contribution is -0.0154. The minimum Gasteiger partial charge on any atom is -0.465 e. The van der Waals surface area contributed by atoms with Gasteiger partial charge in [0.2, 0.25) is 0 Å². The van der Waals surface area contributed by atoms with Gasteiger partial charge in [0.15, 0.2) is 0 Å². The number of nitrogens with one attached hydrogen (secondary N) is 1. The summed E-state index contributed by atoms with van der Waals surface area (Å²) in [5, 5.41) is 3.56. The normalized spacial score (nSPS) is 24.2. The Bertz CT molecular complexity index is 440. The highest BCUT2D eigenvalue weighted by molar-refractivity contribution is 5.21. The highest BCUT2D eigenvalue weighted by atomic mass is 16.5. The van der Waals surface area contributed by atoms with E-state index in [2.05, 4.69) is 30.1 Å². The monoisotopic (exact) mass is 278 g/mol. The summed E-state index contributed by atoms with van der Waals surface area (Å²) in [5.74, 6) is 2.16. The van der Waals surface area contributed by atoms with Crippen molar-refractivity contribution in [2.75, 3.05) is 19.8 Å². The molecule has 1 N–H and O–H groups in total. The van der Waals surface area contributed by atoms with Gasteiger partial charge in [-0.1, -0.05) is 6.92 Å². The zero-order valence-electron chi connectivity index (χ0n) is 12.7. The molecule has 20 heavy (non-hydrogen) atoms. The molecule has 0 bridgehead atoms. The van der Waals surface area contributed by atoms with Crippen molar-refractivity contribution < 1.29 is 9.15 Å². The SMILES string of the molecule is CCC1COCCN1Cc1cc(CNC2CC2)c(C)o1. The first-order valence-corrected chi connectivity index (χ1v) is 7.89. The maximum atomic E-state index is 5.94. The van der Waals surface area contributed by atoms with Crippen LogP contribution in [0.2, 0.25) is 0 Å². The number of ether oxygens (including phenoxy) is 1. The zero-order valence-corrected chi connectivity index (χ0v) is 12.7. The molecule has 2 fully saturated rings. The van der Waals surface area contributed by atoms with Crippen LogP contribution in [0.25, 0.3) is 0 Å². The first-order chi connectivity index (χ1) is 9.76. The Morgan fingerprint density at radius 2 is 2.25 bits per heavy atom. The molecule has 1 aliphatic heterocycles. The zero-order chi connectivity index (χ0) is 13.9. The van der Waals surface area contributed by atoms with E-state index in [1.54, 1.807) is 0 Å². The number of aryl methyl sites for hydroxylation is 1. The fraction of sp³-hybridized carbons (Fsp3) is 0.750. The smallest absolute Gasteiger partial charge is 0.118 e. The third kappa shape index (κ3) is 3.43. The molecule has 1 aromatic heterocycles. The largest absolute Gasteiger partial charge is 0.465 e. The maximum absolute atomic E-state index is 5.94. The highest BCUT2D eigenvalue weighted by Gasteiger charge is 2.24. The summed E-state index contributed by atoms with van der Waals surface area (Å²) < 4.78 is 11.5. The Kier molecular flexibility index (Phi) is 4.44. The summed E-state index contributed by atoms with van der Waals surface area (Å²) in [6, 6.07) is 3.51. The van der Waals surface area contributed by atoms with Gasteiger partial charge in [0, 0.05) is 30.7 Å². The van der Waals surface area contributed by atoms with Gasteiger partial charge in [-0.3, -0.25) is 4.90 Å². The van der Waals surface area contributed by atoms with Gasteiger partial charge in [0.25, 0.3) is 0 Å². The lowest BCUT2D eigenvalue weighted by Gasteiger charge is -2.34. The molecular formula is C16H26N2O2. The molecule has 0 spiro atoms. The van der Waals surface area contributed by atoms with E-state index in [1.165, 1.54) is 18.4 Å². The van der Waals surface area contributed by atoms with Crippen LogP contribution in [0.4, 0.5) is 0 Å². The Balaban J connectivity index is 1.59. The van der Waals surface area contributed by atoms with Gasteiger partial charge in [0.1, 0.15) is 11.5 Å². The van der Waals surface area contributed by atoms with Crippen LogP contribution in [-0.4, -0.2) is 36.7 Å². The Hall–Kier alpha value is -0.840. The fourth-order valence-corrected chi connectivity index (χ4v) is 2.86. The van der Waals surface area contributed by atoms with E-state index in [0.29, 0.717) is 6.04 Å². The Labute approximate surface area is 121 Å². The van der Waals surface area contributed by atoms with Crippen molar-refractivity contribution in [1.82, 2.24) is 10.2 Å². The van der Waals surface area contributed by atoms with Gasteiger partial charge in [0.05, 0.1) is 19.8 Å². The van der Waals surface area contributed by atoms with Crippen LogP contribution < -0.4 is 5.32 Å². The molecule has 0 radical (unpaired) electrons. The van der Waals surface area contributed by atoms with Crippen LogP contribution in [0.15, 0.2) is 10.5 Å². The average molecular weight is 278 g/mol. The molecule has 0 aromatic carbocycles. The Morgan fingerprint density at radius 1 is 1.40 bits per heavy atom. The van der Waals surface area contributed by atoms with Gasteiger partial charge in [-0.2, -0.15) is 0 Å². The molecular weight excluding hydrogens is 252 g/mol. The third-order valence-corrected chi connectivity index (χ3v) is 4.41. The molecule has 112 valence electrons. The summed E-state index contributed by atoms with van der Waals surface area (Å²) in [7, 11) is 0. The van der Waals surface area contributed by atoms with Crippen LogP contribution >= 0.6 is 0 Å². The summed E-state index contributed by atoms with van der Waals surface area (Å²) in [5.41, 5.74) is 1.31. The van der Waals surface area contributed by atoms with E-state index < -0.39 is 0 Å². The van der Waals surface area contributed by atoms with Gasteiger partial charge >= 0.3 is 0 Å². The molecule has 1 aliphatic carbocycles. The van der Waals surface area contributed by atoms with Crippen LogP contribution in [0.3, 0.4) is 0 Å². The standard InChI is InChI=1S/C16H26N2O2/c1-3-15-11-19-7-6-18(15)10-16-8-13(12(2)20-16)9-17-14-4-5-14/h8,14-15,17H,3-7,9-11H2,1-2H3. The molecule has 0 amide bonds. The minimum atomic E-state index is 0.530. The second-order valence-corrected chi connectivity index (χ2v) is 6.06. The summed E-state index contributed by atoms with van der Waals surface area (Å²) in [6.45, 7) is 8.85. The molecule has 1 saturated carbocycles. The molecule has 2 heterocycles. The van der Waals surface area contributed by atoms with Gasteiger partial charge in [-0.05, 0) is 32.3 Å². The lowest BCUT2D eigenvalue weighted by atomic mass is 10.1. The molecule has 2 aliphatic rings. The molecule has 1 saturated heterocycles. The number of nitrogens with zero attached hydrogens (tertiary/aromatic N) is 1. The topological polar surface area (TPSA) is 37.6 Å².